The molecular formula is C15H14ClN3O2. The Labute approximate surface area is 127 Å². The summed E-state index contributed by atoms with van der Waals surface area (Å²) in [4.78, 5) is 24.8. The minimum absolute atomic E-state index is 0.444. The van der Waals surface area contributed by atoms with Gasteiger partial charge in [0, 0.05) is 10.7 Å². The van der Waals surface area contributed by atoms with Crippen LogP contribution < -0.4 is 16.4 Å². The number of primary amides is 2. The fourth-order valence-electron chi connectivity index (χ4n) is 2.08. The summed E-state index contributed by atoms with van der Waals surface area (Å²) < 4.78 is 0. The maximum Gasteiger partial charge on any atom is 0.320 e. The van der Waals surface area contributed by atoms with Crippen LogP contribution >= 0.6 is 11.6 Å². The first kappa shape index (κ1) is 14.9. The SMILES string of the molecule is NC(=O)C(c1ccccc1)N(C(N)=O)c1ccc(Cl)cc1. The fraction of sp³-hybridized carbons (Fsp3) is 0.0667. The lowest BCUT2D eigenvalue weighted by Gasteiger charge is -2.28. The lowest BCUT2D eigenvalue weighted by atomic mass is 10.0. The highest BCUT2D eigenvalue weighted by Crippen LogP contribution is 2.28. The minimum atomic E-state index is -0.982. The Balaban J connectivity index is 2.50. The molecule has 2 aromatic carbocycles. The number of anilines is 1. The van der Waals surface area contributed by atoms with Gasteiger partial charge in [0.25, 0.3) is 0 Å². The number of carbonyl (C=O) groups is 2. The molecule has 0 aliphatic heterocycles. The molecule has 0 aromatic heterocycles. The third-order valence-corrected chi connectivity index (χ3v) is 3.24. The lowest BCUT2D eigenvalue weighted by Crippen LogP contribution is -2.44. The molecule has 2 aromatic rings. The van der Waals surface area contributed by atoms with E-state index >= 15 is 0 Å². The Kier molecular flexibility index (Phi) is 4.45. The van der Waals surface area contributed by atoms with Crippen LogP contribution in [0.2, 0.25) is 5.02 Å². The summed E-state index contributed by atoms with van der Waals surface area (Å²) in [5.41, 5.74) is 11.9. The zero-order valence-corrected chi connectivity index (χ0v) is 11.8. The maximum absolute atomic E-state index is 11.8. The number of nitrogens with two attached hydrogens (primary N) is 2. The summed E-state index contributed by atoms with van der Waals surface area (Å²) in [6, 6.07) is 13.4. The summed E-state index contributed by atoms with van der Waals surface area (Å²) in [6.45, 7) is 0. The van der Waals surface area contributed by atoms with Crippen LogP contribution in [0.3, 0.4) is 0 Å². The van der Waals surface area contributed by atoms with Crippen LogP contribution in [0.1, 0.15) is 11.6 Å². The number of carbonyl (C=O) groups excluding carboxylic acids is 2. The first-order valence-corrected chi connectivity index (χ1v) is 6.57. The molecule has 3 amide bonds. The second kappa shape index (κ2) is 6.28. The molecule has 0 radical (unpaired) electrons. The Bertz CT molecular complexity index is 644. The van der Waals surface area contributed by atoms with E-state index in [1.54, 1.807) is 54.6 Å². The molecule has 0 heterocycles. The van der Waals surface area contributed by atoms with Crippen LogP contribution in [0.5, 0.6) is 0 Å². The van der Waals surface area contributed by atoms with Crippen LogP contribution in [0, 0.1) is 0 Å². The van der Waals surface area contributed by atoms with E-state index in [9.17, 15) is 9.59 Å². The van der Waals surface area contributed by atoms with Crippen molar-refractivity contribution in [2.75, 3.05) is 4.90 Å². The number of halogens is 1. The van der Waals surface area contributed by atoms with Crippen LogP contribution in [-0.4, -0.2) is 11.9 Å². The van der Waals surface area contributed by atoms with Gasteiger partial charge in [0.05, 0.1) is 0 Å². The van der Waals surface area contributed by atoms with Gasteiger partial charge in [0.2, 0.25) is 5.91 Å². The molecule has 0 bridgehead atoms. The average molecular weight is 304 g/mol. The molecule has 0 aliphatic carbocycles. The third-order valence-electron chi connectivity index (χ3n) is 2.99. The molecule has 0 fully saturated rings. The predicted octanol–water partition coefficient (Wildman–Crippen LogP) is 2.45. The fourth-order valence-corrected chi connectivity index (χ4v) is 2.21. The summed E-state index contributed by atoms with van der Waals surface area (Å²) in [5.74, 6) is -0.671. The number of hydrogen-bond donors (Lipinski definition) is 2. The van der Waals surface area contributed by atoms with Gasteiger partial charge in [-0.05, 0) is 29.8 Å². The topological polar surface area (TPSA) is 89.4 Å². The minimum Gasteiger partial charge on any atom is -0.368 e. The van der Waals surface area contributed by atoms with Crippen molar-refractivity contribution >= 4 is 29.2 Å². The molecule has 0 spiro atoms. The first-order chi connectivity index (χ1) is 10.0. The molecular weight excluding hydrogens is 290 g/mol. The van der Waals surface area contributed by atoms with E-state index in [0.717, 1.165) is 4.90 Å². The average Bonchev–Trinajstić information content (AvgIpc) is 2.46. The Morgan fingerprint density at radius 3 is 2.00 bits per heavy atom. The molecule has 6 heteroatoms. The summed E-state index contributed by atoms with van der Waals surface area (Å²) >= 11 is 5.83. The van der Waals surface area contributed by atoms with Gasteiger partial charge in [0.1, 0.15) is 6.04 Å². The van der Waals surface area contributed by atoms with Gasteiger partial charge in [-0.1, -0.05) is 41.9 Å². The summed E-state index contributed by atoms with van der Waals surface area (Å²) in [7, 11) is 0. The van der Waals surface area contributed by atoms with Crippen molar-refractivity contribution in [3.8, 4) is 0 Å². The van der Waals surface area contributed by atoms with E-state index in [1.807, 2.05) is 0 Å². The molecule has 0 saturated heterocycles. The monoisotopic (exact) mass is 303 g/mol. The van der Waals surface area contributed by atoms with Crippen LogP contribution in [-0.2, 0) is 4.79 Å². The summed E-state index contributed by atoms with van der Waals surface area (Å²) in [5, 5.41) is 0.513. The smallest absolute Gasteiger partial charge is 0.320 e. The first-order valence-electron chi connectivity index (χ1n) is 6.19. The van der Waals surface area contributed by atoms with Crippen molar-refractivity contribution in [1.82, 2.24) is 0 Å². The quantitative estimate of drug-likeness (QED) is 0.908. The Morgan fingerprint density at radius 2 is 1.52 bits per heavy atom. The number of benzene rings is 2. The zero-order valence-electron chi connectivity index (χ0n) is 11.1. The summed E-state index contributed by atoms with van der Waals surface area (Å²) in [6.07, 6.45) is 0. The molecule has 4 N–H and O–H groups in total. The molecule has 21 heavy (non-hydrogen) atoms. The second-order valence-electron chi connectivity index (χ2n) is 4.40. The van der Waals surface area contributed by atoms with Gasteiger partial charge in [-0.2, -0.15) is 0 Å². The van der Waals surface area contributed by atoms with Crippen molar-refractivity contribution in [3.63, 3.8) is 0 Å². The Hall–Kier alpha value is -2.53. The molecule has 2 rings (SSSR count). The normalized spacial score (nSPS) is 11.7. The Morgan fingerprint density at radius 1 is 0.952 bits per heavy atom. The van der Waals surface area contributed by atoms with Crippen LogP contribution in [0.25, 0.3) is 0 Å². The van der Waals surface area contributed by atoms with Gasteiger partial charge < -0.3 is 11.5 Å². The number of hydrogen-bond acceptors (Lipinski definition) is 2. The van der Waals surface area contributed by atoms with Crippen molar-refractivity contribution in [2.45, 2.75) is 6.04 Å². The van der Waals surface area contributed by atoms with Crippen molar-refractivity contribution in [3.05, 3.63) is 65.2 Å². The van der Waals surface area contributed by atoms with E-state index in [2.05, 4.69) is 0 Å². The van der Waals surface area contributed by atoms with Gasteiger partial charge in [0.15, 0.2) is 0 Å². The number of urea groups is 1. The highest BCUT2D eigenvalue weighted by Gasteiger charge is 2.29. The van der Waals surface area contributed by atoms with E-state index in [-0.39, 0.29) is 0 Å². The van der Waals surface area contributed by atoms with Crippen molar-refractivity contribution in [1.29, 1.82) is 0 Å². The molecule has 0 saturated carbocycles. The van der Waals surface area contributed by atoms with E-state index < -0.39 is 18.0 Å². The van der Waals surface area contributed by atoms with Gasteiger partial charge >= 0.3 is 6.03 Å². The second-order valence-corrected chi connectivity index (χ2v) is 4.84. The highest BCUT2D eigenvalue weighted by molar-refractivity contribution is 6.30. The number of rotatable bonds is 4. The highest BCUT2D eigenvalue weighted by atomic mass is 35.5. The van der Waals surface area contributed by atoms with Gasteiger partial charge in [-0.3, -0.25) is 9.69 Å². The zero-order chi connectivity index (χ0) is 15.4. The van der Waals surface area contributed by atoms with E-state index in [4.69, 9.17) is 23.1 Å². The van der Waals surface area contributed by atoms with Crippen LogP contribution in [0.4, 0.5) is 10.5 Å². The van der Waals surface area contributed by atoms with Gasteiger partial charge in [-0.15, -0.1) is 0 Å². The van der Waals surface area contributed by atoms with E-state index in [0.29, 0.717) is 16.3 Å². The molecule has 1 atom stereocenters. The van der Waals surface area contributed by atoms with Gasteiger partial charge in [-0.25, -0.2) is 4.79 Å². The third kappa shape index (κ3) is 3.32. The number of amides is 3. The van der Waals surface area contributed by atoms with E-state index in [1.165, 1.54) is 0 Å². The van der Waals surface area contributed by atoms with Crippen molar-refractivity contribution in [2.24, 2.45) is 11.5 Å². The van der Waals surface area contributed by atoms with Crippen LogP contribution in [0.15, 0.2) is 54.6 Å². The lowest BCUT2D eigenvalue weighted by molar-refractivity contribution is -0.119. The molecule has 0 aliphatic rings. The molecule has 1 unspecified atom stereocenters. The molecule has 108 valence electrons. The predicted molar refractivity (Wildman–Crippen MR) is 81.9 cm³/mol. The number of nitrogens with zero attached hydrogens (tertiary/aromatic N) is 1. The molecule has 5 nitrogen and oxygen atoms in total. The standard InChI is InChI=1S/C15H14ClN3O2/c16-11-6-8-12(9-7-11)19(15(18)21)13(14(17)20)10-4-2-1-3-5-10/h1-9,13H,(H2,17,20)(H2,18,21). The maximum atomic E-state index is 11.8. The largest absolute Gasteiger partial charge is 0.368 e. The van der Waals surface area contributed by atoms with Crippen molar-refractivity contribution < 1.29 is 9.59 Å².